The third-order valence-electron chi connectivity index (χ3n) is 10.4. The Kier molecular flexibility index (Phi) is 13.5. The number of hydrogen-bond donors (Lipinski definition) is 11. The van der Waals surface area contributed by atoms with Crippen LogP contribution < -0.4 is 31.9 Å². The standard InChI is InChI=1S/C37H52N8O11S/c1-16(2)27-33(53)44-28(18(4)47)34(54)41-25-14-57-35-21(20-8-6-7-9-22(20)42-35)11-23(30(50)40-24(31(51)43-27)12-37(5,56)15-46)39-29(49)17(3)38-32(52)26-10-19(48)13-45(26)36(25)55/h6-9,16-19,23-28,42,46-48,56H,10-15H2,1-5H3,(H,38,52)(H,39,49)(H,40,50)(H,41,54)(H,43,51)(H,44,53)/t17-,18-,19-,23-,24?,25-,26?,27+,28+,37+/m0/s1. The van der Waals surface area contributed by atoms with E-state index in [-0.39, 0.29) is 25.1 Å². The summed E-state index contributed by atoms with van der Waals surface area (Å²) in [7, 11) is 0. The molecule has 10 atom stereocenters. The zero-order valence-electron chi connectivity index (χ0n) is 32.3. The molecule has 0 spiro atoms. The Labute approximate surface area is 332 Å². The SMILES string of the molecule is CC(C)[C@H]1NC(=O)C(C[C@@](C)(O)CO)NC(=O)[C@@H]2Cc3c([nH]c4ccccc34)SC[C@H](NC(=O)[C@@H]([C@H](C)O)NC1=O)C(=O)N1C[C@@H](O)CC1C(=O)N[C@@H](C)C(=O)N2. The molecule has 1 fully saturated rings. The molecule has 7 amide bonds. The number of amides is 7. The van der Waals surface area contributed by atoms with Gasteiger partial charge in [-0.05, 0) is 38.3 Å². The Balaban J connectivity index is 1.71. The molecule has 20 heteroatoms. The van der Waals surface area contributed by atoms with Gasteiger partial charge in [-0.2, -0.15) is 0 Å². The van der Waals surface area contributed by atoms with Gasteiger partial charge in [0, 0.05) is 42.5 Å². The summed E-state index contributed by atoms with van der Waals surface area (Å²) in [5.41, 5.74) is -0.749. The number of aromatic amines is 1. The smallest absolute Gasteiger partial charge is 0.246 e. The van der Waals surface area contributed by atoms with Crippen molar-refractivity contribution in [2.45, 2.75) is 119 Å². The average Bonchev–Trinajstić information content (AvgIpc) is 3.71. The van der Waals surface area contributed by atoms with E-state index >= 15 is 0 Å². The maximum absolute atomic E-state index is 14.4. The van der Waals surface area contributed by atoms with Crippen molar-refractivity contribution in [2.75, 3.05) is 18.9 Å². The molecule has 3 aliphatic heterocycles. The van der Waals surface area contributed by atoms with Gasteiger partial charge in [0.15, 0.2) is 0 Å². The lowest BCUT2D eigenvalue weighted by atomic mass is 9.95. The molecule has 5 rings (SSSR count). The van der Waals surface area contributed by atoms with Crippen molar-refractivity contribution in [2.24, 2.45) is 5.92 Å². The highest BCUT2D eigenvalue weighted by molar-refractivity contribution is 7.99. The van der Waals surface area contributed by atoms with Crippen molar-refractivity contribution in [3.05, 3.63) is 29.8 Å². The van der Waals surface area contributed by atoms with Crippen molar-refractivity contribution in [3.63, 3.8) is 0 Å². The quantitative estimate of drug-likeness (QED) is 0.143. The molecule has 19 nitrogen and oxygen atoms in total. The zero-order chi connectivity index (χ0) is 41.9. The molecule has 0 aliphatic carbocycles. The summed E-state index contributed by atoms with van der Waals surface area (Å²) < 4.78 is 0. The molecular formula is C37H52N8O11S. The second-order valence-corrected chi connectivity index (χ2v) is 16.6. The molecule has 2 unspecified atom stereocenters. The molecule has 1 saturated heterocycles. The first-order valence-electron chi connectivity index (χ1n) is 18.8. The minimum absolute atomic E-state index is 0.172. The van der Waals surface area contributed by atoms with Gasteiger partial charge in [-0.15, -0.1) is 11.8 Å². The molecule has 0 radical (unpaired) electrons. The van der Waals surface area contributed by atoms with E-state index in [1.54, 1.807) is 38.1 Å². The second-order valence-electron chi connectivity index (χ2n) is 15.6. The van der Waals surface area contributed by atoms with E-state index in [0.29, 0.717) is 21.5 Å². The Bertz CT molecular complexity index is 1890. The van der Waals surface area contributed by atoms with Crippen LogP contribution in [0.2, 0.25) is 0 Å². The van der Waals surface area contributed by atoms with Crippen LogP contribution in [0.25, 0.3) is 10.9 Å². The lowest BCUT2D eigenvalue weighted by molar-refractivity contribution is -0.142. The molecule has 57 heavy (non-hydrogen) atoms. The number of nitrogens with one attached hydrogen (secondary N) is 7. The molecule has 2 bridgehead atoms. The number of aliphatic hydroxyl groups excluding tert-OH is 3. The van der Waals surface area contributed by atoms with Gasteiger partial charge in [-0.3, -0.25) is 33.6 Å². The summed E-state index contributed by atoms with van der Waals surface area (Å²) in [4.78, 5) is 102. The largest absolute Gasteiger partial charge is 0.393 e. The maximum Gasteiger partial charge on any atom is 0.246 e. The number of para-hydroxylation sites is 1. The first-order valence-corrected chi connectivity index (χ1v) is 19.8. The molecule has 0 saturated carbocycles. The van der Waals surface area contributed by atoms with E-state index in [9.17, 15) is 54.0 Å². The van der Waals surface area contributed by atoms with E-state index in [4.69, 9.17) is 0 Å². The highest BCUT2D eigenvalue weighted by atomic mass is 32.2. The van der Waals surface area contributed by atoms with Crippen molar-refractivity contribution in [1.82, 2.24) is 41.8 Å². The van der Waals surface area contributed by atoms with Crippen LogP contribution in [-0.2, 0) is 40.0 Å². The van der Waals surface area contributed by atoms with Gasteiger partial charge in [0.05, 0.1) is 29.4 Å². The Morgan fingerprint density at radius 1 is 0.842 bits per heavy atom. The van der Waals surface area contributed by atoms with E-state index in [1.807, 2.05) is 0 Å². The number of nitrogens with zero attached hydrogens (tertiary/aromatic N) is 1. The fourth-order valence-electron chi connectivity index (χ4n) is 7.12. The predicted molar refractivity (Wildman–Crippen MR) is 205 cm³/mol. The summed E-state index contributed by atoms with van der Waals surface area (Å²) in [6, 6.07) is -2.87. The van der Waals surface area contributed by atoms with Crippen LogP contribution in [0.4, 0.5) is 0 Å². The van der Waals surface area contributed by atoms with Crippen LogP contribution in [0.15, 0.2) is 29.3 Å². The molecule has 312 valence electrons. The first-order chi connectivity index (χ1) is 26.8. The molecule has 11 N–H and O–H groups in total. The number of aromatic nitrogens is 1. The Morgan fingerprint density at radius 3 is 2.16 bits per heavy atom. The van der Waals surface area contributed by atoms with Crippen LogP contribution >= 0.6 is 11.8 Å². The van der Waals surface area contributed by atoms with E-state index < -0.39 is 120 Å². The molecule has 2 aromatic rings. The summed E-state index contributed by atoms with van der Waals surface area (Å²) in [6.07, 6.45) is -3.55. The van der Waals surface area contributed by atoms with Crippen LogP contribution in [0, 0.1) is 5.92 Å². The van der Waals surface area contributed by atoms with Crippen molar-refractivity contribution >= 4 is 64.0 Å². The summed E-state index contributed by atoms with van der Waals surface area (Å²) in [5.74, 6) is -6.83. The van der Waals surface area contributed by atoms with E-state index in [2.05, 4.69) is 36.9 Å². The molecule has 1 aromatic heterocycles. The van der Waals surface area contributed by atoms with Gasteiger partial charge >= 0.3 is 0 Å². The lowest BCUT2D eigenvalue weighted by Gasteiger charge is -2.32. The lowest BCUT2D eigenvalue weighted by Crippen LogP contribution is -2.63. The maximum atomic E-state index is 14.4. The van der Waals surface area contributed by atoms with Gasteiger partial charge in [0.2, 0.25) is 41.4 Å². The fourth-order valence-corrected chi connectivity index (χ4v) is 8.23. The number of carbonyl (C=O) groups is 7. The number of H-pyrrole nitrogens is 1. The normalized spacial score (nSPS) is 30.2. The Hall–Kier alpha value is -4.76. The average molecular weight is 817 g/mol. The molecule has 1 aromatic carbocycles. The number of aliphatic hydroxyl groups is 4. The van der Waals surface area contributed by atoms with Crippen molar-refractivity contribution in [1.29, 1.82) is 0 Å². The van der Waals surface area contributed by atoms with Gasteiger partial charge < -0.3 is 62.2 Å². The summed E-state index contributed by atoms with van der Waals surface area (Å²) in [5, 5.41) is 58.8. The van der Waals surface area contributed by atoms with Crippen LogP contribution in [-0.4, -0.2) is 151 Å². The third-order valence-corrected chi connectivity index (χ3v) is 11.5. The summed E-state index contributed by atoms with van der Waals surface area (Å²) in [6.45, 7) is 5.97. The van der Waals surface area contributed by atoms with Gasteiger partial charge in [-0.1, -0.05) is 32.0 Å². The molecular weight excluding hydrogens is 765 g/mol. The van der Waals surface area contributed by atoms with Gasteiger partial charge in [0.1, 0.15) is 42.3 Å². The number of benzene rings is 1. The third kappa shape index (κ3) is 10.0. The number of hydrogen-bond acceptors (Lipinski definition) is 12. The Morgan fingerprint density at radius 2 is 1.49 bits per heavy atom. The topological polar surface area (TPSA) is 292 Å². The number of fused-ring (bicyclic) bond motifs is 5. The monoisotopic (exact) mass is 816 g/mol. The number of thioether (sulfide) groups is 1. The molecule has 3 aliphatic rings. The van der Waals surface area contributed by atoms with E-state index in [1.165, 1.54) is 20.8 Å². The van der Waals surface area contributed by atoms with Crippen molar-refractivity contribution in [3.8, 4) is 0 Å². The number of carbonyl (C=O) groups excluding carboxylic acids is 7. The first kappa shape index (κ1) is 43.4. The zero-order valence-corrected chi connectivity index (χ0v) is 33.1. The minimum Gasteiger partial charge on any atom is -0.393 e. The molecule has 4 heterocycles. The fraction of sp³-hybridized carbons (Fsp3) is 0.595. The highest BCUT2D eigenvalue weighted by Crippen LogP contribution is 2.32. The van der Waals surface area contributed by atoms with E-state index in [0.717, 1.165) is 16.7 Å². The van der Waals surface area contributed by atoms with Crippen LogP contribution in [0.3, 0.4) is 0 Å². The van der Waals surface area contributed by atoms with Crippen LogP contribution in [0.1, 0.15) is 53.0 Å². The van der Waals surface area contributed by atoms with Crippen LogP contribution in [0.5, 0.6) is 0 Å². The predicted octanol–water partition coefficient (Wildman–Crippen LogP) is -3.11. The van der Waals surface area contributed by atoms with Gasteiger partial charge in [-0.25, -0.2) is 0 Å². The highest BCUT2D eigenvalue weighted by Gasteiger charge is 2.44. The van der Waals surface area contributed by atoms with Crippen molar-refractivity contribution < 1.29 is 54.0 Å². The number of rotatable bonds is 5. The second kappa shape index (κ2) is 17.8. The summed E-state index contributed by atoms with van der Waals surface area (Å²) >= 11 is 1.09. The minimum atomic E-state index is -1.91. The van der Waals surface area contributed by atoms with Gasteiger partial charge in [0.25, 0.3) is 0 Å².